The number of carboxylic acid groups (broad SMARTS) is 1. The molecule has 0 aliphatic carbocycles. The van der Waals surface area contributed by atoms with E-state index in [0.29, 0.717) is 53.0 Å². The third-order valence-electron chi connectivity index (χ3n) is 7.28. The number of aryl methyl sites for hydroxylation is 1. The second-order valence-corrected chi connectivity index (χ2v) is 10.4. The van der Waals surface area contributed by atoms with Crippen molar-refractivity contribution >= 4 is 17.6 Å². The SMILES string of the molecule is Cc1cc(-c2ccc(C(F)(F)F)cn2)ccc1C(CCC(F)(F)F)Nc1ccc(C(=O)N2CCC[C@@H](C(=O)O)C2)cc1. The molecule has 4 rings (SSSR count). The molecule has 3 aromatic rings. The number of piperidine rings is 1. The first kappa shape index (κ1) is 30.9. The minimum atomic E-state index is -4.52. The number of rotatable bonds is 8. The van der Waals surface area contributed by atoms with Crippen molar-refractivity contribution in [1.82, 2.24) is 9.88 Å². The summed E-state index contributed by atoms with van der Waals surface area (Å²) in [6.07, 6.45) is -8.44. The molecule has 1 amide bonds. The molecule has 2 N–H and O–H groups in total. The summed E-state index contributed by atoms with van der Waals surface area (Å²) in [4.78, 5) is 29.7. The topological polar surface area (TPSA) is 82.5 Å². The van der Waals surface area contributed by atoms with E-state index in [1.165, 1.54) is 11.0 Å². The fourth-order valence-electron chi connectivity index (χ4n) is 5.03. The van der Waals surface area contributed by atoms with Crippen LogP contribution < -0.4 is 5.32 Å². The van der Waals surface area contributed by atoms with E-state index in [-0.39, 0.29) is 18.9 Å². The van der Waals surface area contributed by atoms with Gasteiger partial charge in [0.2, 0.25) is 0 Å². The fourth-order valence-corrected chi connectivity index (χ4v) is 5.03. The smallest absolute Gasteiger partial charge is 0.417 e. The summed E-state index contributed by atoms with van der Waals surface area (Å²) in [7, 11) is 0. The molecule has 42 heavy (non-hydrogen) atoms. The zero-order valence-corrected chi connectivity index (χ0v) is 22.6. The van der Waals surface area contributed by atoms with Crippen LogP contribution in [-0.2, 0) is 11.0 Å². The lowest BCUT2D eigenvalue weighted by Crippen LogP contribution is -2.42. The molecule has 1 aliphatic heterocycles. The molecular formula is C30H29F6N3O3. The molecule has 2 heterocycles. The Morgan fingerprint density at radius 2 is 1.76 bits per heavy atom. The van der Waals surface area contributed by atoms with Gasteiger partial charge in [-0.25, -0.2) is 0 Å². The predicted molar refractivity (Wildman–Crippen MR) is 144 cm³/mol. The highest BCUT2D eigenvalue weighted by molar-refractivity contribution is 5.95. The zero-order valence-electron chi connectivity index (χ0n) is 22.6. The predicted octanol–water partition coefficient (Wildman–Crippen LogP) is 7.51. The van der Waals surface area contributed by atoms with E-state index < -0.39 is 42.3 Å². The van der Waals surface area contributed by atoms with Crippen LogP contribution in [0, 0.1) is 12.8 Å². The molecule has 2 atom stereocenters. The van der Waals surface area contributed by atoms with Crippen molar-refractivity contribution < 1.29 is 41.0 Å². The number of hydrogen-bond donors (Lipinski definition) is 2. The highest BCUT2D eigenvalue weighted by Gasteiger charge is 2.32. The summed E-state index contributed by atoms with van der Waals surface area (Å²) < 4.78 is 78.2. The molecule has 0 saturated carbocycles. The van der Waals surface area contributed by atoms with Crippen LogP contribution in [-0.4, -0.2) is 46.1 Å². The molecule has 224 valence electrons. The molecule has 1 aromatic heterocycles. The van der Waals surface area contributed by atoms with Gasteiger partial charge in [0.1, 0.15) is 0 Å². The Kier molecular flexibility index (Phi) is 9.12. The first-order valence-corrected chi connectivity index (χ1v) is 13.3. The number of pyridine rings is 1. The van der Waals surface area contributed by atoms with Gasteiger partial charge in [-0.05, 0) is 79.8 Å². The van der Waals surface area contributed by atoms with Gasteiger partial charge in [0.15, 0.2) is 0 Å². The quantitative estimate of drug-likeness (QED) is 0.264. The van der Waals surface area contributed by atoms with Gasteiger partial charge in [-0.15, -0.1) is 0 Å². The van der Waals surface area contributed by atoms with E-state index in [1.807, 2.05) is 0 Å². The highest BCUT2D eigenvalue weighted by atomic mass is 19.4. The summed E-state index contributed by atoms with van der Waals surface area (Å²) >= 11 is 0. The number of anilines is 1. The average Bonchev–Trinajstić information content (AvgIpc) is 2.94. The summed E-state index contributed by atoms with van der Waals surface area (Å²) in [6.45, 7) is 2.26. The molecule has 1 unspecified atom stereocenters. The number of carbonyl (C=O) groups excluding carboxylic acids is 1. The Hall–Kier alpha value is -4.09. The number of nitrogens with zero attached hydrogens (tertiary/aromatic N) is 2. The number of aromatic nitrogens is 1. The van der Waals surface area contributed by atoms with Gasteiger partial charge < -0.3 is 15.3 Å². The van der Waals surface area contributed by atoms with Crippen molar-refractivity contribution in [2.75, 3.05) is 18.4 Å². The Bertz CT molecular complexity index is 1410. The van der Waals surface area contributed by atoms with Gasteiger partial charge >= 0.3 is 18.3 Å². The number of aliphatic carboxylic acids is 1. The zero-order chi connectivity index (χ0) is 30.7. The molecule has 2 aromatic carbocycles. The molecule has 0 bridgehead atoms. The van der Waals surface area contributed by atoms with E-state index in [9.17, 15) is 41.0 Å². The molecule has 0 spiro atoms. The maximum Gasteiger partial charge on any atom is 0.417 e. The van der Waals surface area contributed by atoms with E-state index >= 15 is 0 Å². The monoisotopic (exact) mass is 593 g/mol. The van der Waals surface area contributed by atoms with E-state index in [1.54, 1.807) is 49.4 Å². The minimum Gasteiger partial charge on any atom is -0.481 e. The number of likely N-dealkylation sites (tertiary alicyclic amines) is 1. The standard InChI is InChI=1S/C30H29F6N3O3/c1-18-15-20(25-11-7-22(16-37-25)30(34,35)36)6-10-24(18)26(12-13-29(31,32)33)38-23-8-4-19(5-9-23)27(40)39-14-2-3-21(17-39)28(41)42/h4-11,15-16,21,26,38H,2-3,12-14,17H2,1H3,(H,41,42)/t21-,26?/m1/s1. The van der Waals surface area contributed by atoms with Crippen molar-refractivity contribution in [3.05, 3.63) is 83.0 Å². The first-order valence-electron chi connectivity index (χ1n) is 13.3. The number of nitrogens with one attached hydrogen (secondary N) is 1. The summed E-state index contributed by atoms with van der Waals surface area (Å²) in [5, 5.41) is 12.4. The van der Waals surface area contributed by atoms with Crippen molar-refractivity contribution in [1.29, 1.82) is 0 Å². The van der Waals surface area contributed by atoms with Crippen molar-refractivity contribution in [3.63, 3.8) is 0 Å². The maximum absolute atomic E-state index is 13.2. The van der Waals surface area contributed by atoms with Crippen LogP contribution >= 0.6 is 0 Å². The van der Waals surface area contributed by atoms with Gasteiger partial charge in [0.05, 0.1) is 23.2 Å². The Morgan fingerprint density at radius 3 is 2.33 bits per heavy atom. The van der Waals surface area contributed by atoms with Crippen LogP contribution in [0.25, 0.3) is 11.3 Å². The van der Waals surface area contributed by atoms with E-state index in [0.717, 1.165) is 12.3 Å². The van der Waals surface area contributed by atoms with E-state index in [2.05, 4.69) is 10.3 Å². The molecule has 1 fully saturated rings. The maximum atomic E-state index is 13.2. The number of hydrogen-bond acceptors (Lipinski definition) is 4. The number of alkyl halides is 6. The average molecular weight is 594 g/mol. The third kappa shape index (κ3) is 7.80. The molecule has 1 saturated heterocycles. The largest absolute Gasteiger partial charge is 0.481 e. The molecule has 0 radical (unpaired) electrons. The number of amides is 1. The van der Waals surface area contributed by atoms with Crippen molar-refractivity contribution in [3.8, 4) is 11.3 Å². The first-order chi connectivity index (χ1) is 19.7. The number of benzene rings is 2. The lowest BCUT2D eigenvalue weighted by atomic mass is 9.94. The summed E-state index contributed by atoms with van der Waals surface area (Å²) in [6, 6.07) is 12.6. The van der Waals surface area contributed by atoms with Crippen LogP contribution in [0.5, 0.6) is 0 Å². The third-order valence-corrected chi connectivity index (χ3v) is 7.28. The van der Waals surface area contributed by atoms with Crippen LogP contribution in [0.15, 0.2) is 60.8 Å². The van der Waals surface area contributed by atoms with Crippen LogP contribution in [0.4, 0.5) is 32.0 Å². The lowest BCUT2D eigenvalue weighted by Gasteiger charge is -2.30. The lowest BCUT2D eigenvalue weighted by molar-refractivity contribution is -0.143. The second-order valence-electron chi connectivity index (χ2n) is 10.4. The molecular weight excluding hydrogens is 564 g/mol. The second kappa shape index (κ2) is 12.4. The van der Waals surface area contributed by atoms with Crippen molar-refractivity contribution in [2.45, 2.75) is 51.0 Å². The Balaban J connectivity index is 1.52. The molecule has 12 heteroatoms. The van der Waals surface area contributed by atoms with Crippen LogP contribution in [0.2, 0.25) is 0 Å². The summed E-state index contributed by atoms with van der Waals surface area (Å²) in [5.74, 6) is -1.89. The number of halogens is 6. The Morgan fingerprint density at radius 1 is 1.05 bits per heavy atom. The van der Waals surface area contributed by atoms with E-state index in [4.69, 9.17) is 0 Å². The highest BCUT2D eigenvalue weighted by Crippen LogP contribution is 2.34. The number of carboxylic acids is 1. The fraction of sp³-hybridized carbons (Fsp3) is 0.367. The molecule has 6 nitrogen and oxygen atoms in total. The number of carbonyl (C=O) groups is 2. The van der Waals surface area contributed by atoms with Gasteiger partial charge in [-0.3, -0.25) is 14.6 Å². The minimum absolute atomic E-state index is 0.116. The van der Waals surface area contributed by atoms with Gasteiger partial charge in [-0.2, -0.15) is 26.3 Å². The summed E-state index contributed by atoms with van der Waals surface area (Å²) in [5.41, 5.74) is 1.94. The van der Waals surface area contributed by atoms with Crippen molar-refractivity contribution in [2.24, 2.45) is 5.92 Å². The normalized spacial score (nSPS) is 16.6. The molecule has 1 aliphatic rings. The van der Waals surface area contributed by atoms with Crippen LogP contribution in [0.3, 0.4) is 0 Å². The van der Waals surface area contributed by atoms with Gasteiger partial charge in [-0.1, -0.05) is 12.1 Å². The van der Waals surface area contributed by atoms with Gasteiger partial charge in [0.25, 0.3) is 5.91 Å². The Labute approximate surface area is 238 Å². The van der Waals surface area contributed by atoms with Gasteiger partial charge in [0, 0.05) is 42.5 Å². The van der Waals surface area contributed by atoms with Crippen LogP contribution in [0.1, 0.15) is 58.8 Å².